The van der Waals surface area contributed by atoms with Gasteiger partial charge in [-0.15, -0.1) is 0 Å². The third-order valence-corrected chi connectivity index (χ3v) is 8.54. The van der Waals surface area contributed by atoms with Crippen LogP contribution in [0.5, 0.6) is 0 Å². The highest BCUT2D eigenvalue weighted by Gasteiger charge is 2.17. The standard InChI is InChI=1S/C41H29N/c1-26-21-27(2)23-34(22-26)38-24-37(35-18-15-31-9-6-10-32-16-19-36(38)41(35)40(31)32)29-11-13-30(14-12-29)39-20-17-33(25-42-39)28-7-4-3-5-8-28/h3-25H,1-2H3. The molecule has 1 heterocycles. The third kappa shape index (κ3) is 4.05. The van der Waals surface area contributed by atoms with Gasteiger partial charge in [0.05, 0.1) is 5.69 Å². The molecule has 8 rings (SSSR count). The fourth-order valence-corrected chi connectivity index (χ4v) is 6.63. The summed E-state index contributed by atoms with van der Waals surface area (Å²) in [6, 6.07) is 48.7. The zero-order valence-corrected chi connectivity index (χ0v) is 23.7. The molecule has 0 unspecified atom stereocenters. The number of hydrogen-bond donors (Lipinski definition) is 0. The predicted octanol–water partition coefficient (Wildman–Crippen LogP) is 11.3. The van der Waals surface area contributed by atoms with Crippen LogP contribution < -0.4 is 0 Å². The van der Waals surface area contributed by atoms with Gasteiger partial charge in [-0.25, -0.2) is 0 Å². The van der Waals surface area contributed by atoms with Crippen LogP contribution in [0.25, 0.3) is 77.0 Å². The number of aromatic nitrogens is 1. The zero-order chi connectivity index (χ0) is 28.2. The Kier molecular flexibility index (Phi) is 5.65. The highest BCUT2D eigenvalue weighted by atomic mass is 14.7. The van der Waals surface area contributed by atoms with Gasteiger partial charge >= 0.3 is 0 Å². The molecule has 1 heteroatoms. The second-order valence-corrected chi connectivity index (χ2v) is 11.4. The van der Waals surface area contributed by atoms with Gasteiger partial charge < -0.3 is 0 Å². The molecule has 0 radical (unpaired) electrons. The van der Waals surface area contributed by atoms with Crippen molar-refractivity contribution in [1.82, 2.24) is 4.98 Å². The van der Waals surface area contributed by atoms with Gasteiger partial charge in [0.2, 0.25) is 0 Å². The Morgan fingerprint density at radius 1 is 0.405 bits per heavy atom. The Balaban J connectivity index is 1.30. The van der Waals surface area contributed by atoms with Crippen LogP contribution in [0, 0.1) is 13.8 Å². The molecule has 0 N–H and O–H groups in total. The van der Waals surface area contributed by atoms with E-state index < -0.39 is 0 Å². The molecule has 0 fully saturated rings. The van der Waals surface area contributed by atoms with Crippen LogP contribution in [0.15, 0.2) is 140 Å². The van der Waals surface area contributed by atoms with Crippen LogP contribution in [0.4, 0.5) is 0 Å². The van der Waals surface area contributed by atoms with Gasteiger partial charge in [-0.2, -0.15) is 0 Å². The van der Waals surface area contributed by atoms with Crippen LogP contribution in [0.3, 0.4) is 0 Å². The van der Waals surface area contributed by atoms with E-state index >= 15 is 0 Å². The maximum atomic E-state index is 4.80. The van der Waals surface area contributed by atoms with Crippen LogP contribution in [-0.4, -0.2) is 4.98 Å². The molecule has 0 aliphatic heterocycles. The quantitative estimate of drug-likeness (QED) is 0.204. The Hall–Kier alpha value is -5.27. The van der Waals surface area contributed by atoms with Crippen molar-refractivity contribution in [1.29, 1.82) is 0 Å². The summed E-state index contributed by atoms with van der Waals surface area (Å²) < 4.78 is 0. The van der Waals surface area contributed by atoms with E-state index in [4.69, 9.17) is 4.98 Å². The number of rotatable bonds is 4. The van der Waals surface area contributed by atoms with E-state index in [9.17, 15) is 0 Å². The van der Waals surface area contributed by atoms with Crippen LogP contribution in [0.1, 0.15) is 11.1 Å². The lowest BCUT2D eigenvalue weighted by Crippen LogP contribution is -1.92. The van der Waals surface area contributed by atoms with E-state index in [-0.39, 0.29) is 0 Å². The van der Waals surface area contributed by atoms with E-state index in [2.05, 4.69) is 141 Å². The summed E-state index contributed by atoms with van der Waals surface area (Å²) in [4.78, 5) is 4.80. The van der Waals surface area contributed by atoms with Crippen LogP contribution in [0.2, 0.25) is 0 Å². The number of hydrogen-bond acceptors (Lipinski definition) is 1. The average Bonchev–Trinajstić information content (AvgIpc) is 3.03. The van der Waals surface area contributed by atoms with Crippen molar-refractivity contribution in [3.05, 3.63) is 151 Å². The molecule has 0 aliphatic carbocycles. The Morgan fingerprint density at radius 2 is 1.02 bits per heavy atom. The molecule has 7 aromatic carbocycles. The van der Waals surface area contributed by atoms with Gasteiger partial charge in [-0.3, -0.25) is 4.98 Å². The summed E-state index contributed by atoms with van der Waals surface area (Å²) in [6.45, 7) is 4.37. The molecule has 1 aromatic heterocycles. The molecule has 0 saturated heterocycles. The first kappa shape index (κ1) is 24.5. The van der Waals surface area contributed by atoms with Crippen molar-refractivity contribution in [3.8, 4) is 44.6 Å². The van der Waals surface area contributed by atoms with Gasteiger partial charge in [-0.05, 0) is 86.1 Å². The van der Waals surface area contributed by atoms with Crippen molar-refractivity contribution in [2.45, 2.75) is 13.8 Å². The van der Waals surface area contributed by atoms with E-state index in [1.54, 1.807) is 0 Å². The summed E-state index contributed by atoms with van der Waals surface area (Å²) in [7, 11) is 0. The molecular formula is C41H29N. The molecule has 0 spiro atoms. The first-order chi connectivity index (χ1) is 20.6. The molecule has 198 valence electrons. The number of pyridine rings is 1. The number of nitrogens with zero attached hydrogens (tertiary/aromatic N) is 1. The lowest BCUT2D eigenvalue weighted by Gasteiger charge is -2.18. The first-order valence-electron chi connectivity index (χ1n) is 14.5. The maximum absolute atomic E-state index is 4.80. The van der Waals surface area contributed by atoms with Crippen LogP contribution in [-0.2, 0) is 0 Å². The minimum absolute atomic E-state index is 0.979. The molecule has 0 atom stereocenters. The molecule has 0 aliphatic rings. The normalized spacial score (nSPS) is 11.6. The van der Waals surface area contributed by atoms with Crippen molar-refractivity contribution < 1.29 is 0 Å². The Labute approximate surface area is 246 Å². The van der Waals surface area contributed by atoms with Crippen molar-refractivity contribution in [2.75, 3.05) is 0 Å². The van der Waals surface area contributed by atoms with E-state index in [1.165, 1.54) is 71.3 Å². The molecule has 1 nitrogen and oxygen atoms in total. The topological polar surface area (TPSA) is 12.9 Å². The van der Waals surface area contributed by atoms with Gasteiger partial charge in [0.15, 0.2) is 0 Å². The lowest BCUT2D eigenvalue weighted by molar-refractivity contribution is 1.32. The number of benzene rings is 7. The third-order valence-electron chi connectivity index (χ3n) is 8.54. The van der Waals surface area contributed by atoms with Crippen molar-refractivity contribution >= 4 is 32.3 Å². The second kappa shape index (κ2) is 9.68. The van der Waals surface area contributed by atoms with Gasteiger partial charge in [0, 0.05) is 17.3 Å². The summed E-state index contributed by atoms with van der Waals surface area (Å²) in [5.74, 6) is 0. The lowest BCUT2D eigenvalue weighted by atomic mass is 9.85. The van der Waals surface area contributed by atoms with Crippen LogP contribution >= 0.6 is 0 Å². The average molecular weight is 536 g/mol. The van der Waals surface area contributed by atoms with Gasteiger partial charge in [-0.1, -0.05) is 132 Å². The zero-order valence-electron chi connectivity index (χ0n) is 23.7. The summed E-state index contributed by atoms with van der Waals surface area (Å²) >= 11 is 0. The molecule has 42 heavy (non-hydrogen) atoms. The molecule has 8 aromatic rings. The van der Waals surface area contributed by atoms with Gasteiger partial charge in [0.1, 0.15) is 0 Å². The largest absolute Gasteiger partial charge is 0.256 e. The summed E-state index contributed by atoms with van der Waals surface area (Å²) in [6.07, 6.45) is 1.97. The highest BCUT2D eigenvalue weighted by Crippen LogP contribution is 2.44. The van der Waals surface area contributed by atoms with E-state index in [0.717, 1.165) is 16.8 Å². The molecule has 0 amide bonds. The van der Waals surface area contributed by atoms with Crippen molar-refractivity contribution in [2.24, 2.45) is 0 Å². The summed E-state index contributed by atoms with van der Waals surface area (Å²) in [5.41, 5.74) is 12.0. The highest BCUT2D eigenvalue weighted by molar-refractivity contribution is 6.28. The predicted molar refractivity (Wildman–Crippen MR) is 179 cm³/mol. The monoisotopic (exact) mass is 535 g/mol. The Morgan fingerprint density at radius 3 is 1.67 bits per heavy atom. The Bertz CT molecular complexity index is 2190. The van der Waals surface area contributed by atoms with Gasteiger partial charge in [0.25, 0.3) is 0 Å². The minimum atomic E-state index is 0.979. The van der Waals surface area contributed by atoms with E-state index in [1.807, 2.05) is 12.3 Å². The molecule has 0 bridgehead atoms. The molecular weight excluding hydrogens is 506 g/mol. The second-order valence-electron chi connectivity index (χ2n) is 11.4. The molecule has 0 saturated carbocycles. The number of aryl methyl sites for hydroxylation is 2. The van der Waals surface area contributed by atoms with E-state index in [0.29, 0.717) is 0 Å². The first-order valence-corrected chi connectivity index (χ1v) is 14.5. The SMILES string of the molecule is Cc1cc(C)cc(-c2cc(-c3ccc(-c4ccc(-c5ccccc5)cn4)cc3)c3ccc4cccc5ccc2c3c45)c1. The fourth-order valence-electron chi connectivity index (χ4n) is 6.63. The van der Waals surface area contributed by atoms with Crippen molar-refractivity contribution in [3.63, 3.8) is 0 Å². The smallest absolute Gasteiger partial charge is 0.0702 e. The fraction of sp³-hybridized carbons (Fsp3) is 0.0488. The minimum Gasteiger partial charge on any atom is -0.256 e. The maximum Gasteiger partial charge on any atom is 0.0702 e. The summed E-state index contributed by atoms with van der Waals surface area (Å²) in [5, 5.41) is 7.87.